The number of halogens is 3. The number of hydrogen-bond acceptors (Lipinski definition) is 3. The number of rotatable bonds is 5. The molecule has 1 rings (SSSR count). The van der Waals surface area contributed by atoms with Crippen molar-refractivity contribution in [2.24, 2.45) is 0 Å². The number of carbonyl (C=O) groups excluding carboxylic acids is 1. The van der Waals surface area contributed by atoms with Gasteiger partial charge in [-0.25, -0.2) is 4.79 Å². The summed E-state index contributed by atoms with van der Waals surface area (Å²) >= 11 is 15.2. The van der Waals surface area contributed by atoms with Gasteiger partial charge in [-0.3, -0.25) is 4.79 Å². The number of benzene rings is 1. The van der Waals surface area contributed by atoms with Crippen LogP contribution in [0.25, 0.3) is 0 Å². The molecule has 3 N–H and O–H groups in total. The average molecular weight is 370 g/mol. The van der Waals surface area contributed by atoms with Crippen LogP contribution in [0.15, 0.2) is 16.6 Å². The number of anilines is 1. The van der Waals surface area contributed by atoms with Crippen molar-refractivity contribution in [2.75, 3.05) is 11.9 Å². The van der Waals surface area contributed by atoms with E-state index in [0.717, 1.165) is 0 Å². The first-order valence-electron chi connectivity index (χ1n) is 5.19. The van der Waals surface area contributed by atoms with E-state index in [1.165, 1.54) is 6.92 Å². The van der Waals surface area contributed by atoms with Gasteiger partial charge in [-0.05, 0) is 12.1 Å². The van der Waals surface area contributed by atoms with Crippen molar-refractivity contribution in [1.82, 2.24) is 5.32 Å². The highest BCUT2D eigenvalue weighted by molar-refractivity contribution is 9.10. The molecule has 5 nitrogen and oxygen atoms in total. The second-order valence-corrected chi connectivity index (χ2v) is 5.45. The highest BCUT2D eigenvalue weighted by Gasteiger charge is 2.19. The molecule has 1 aromatic rings. The normalized spacial score (nSPS) is 11.8. The maximum atomic E-state index is 11.0. The van der Waals surface area contributed by atoms with E-state index in [1.54, 1.807) is 12.1 Å². The molecule has 1 amide bonds. The van der Waals surface area contributed by atoms with E-state index in [-0.39, 0.29) is 6.54 Å². The molecule has 0 aliphatic carbocycles. The van der Waals surface area contributed by atoms with Crippen molar-refractivity contribution >= 4 is 56.7 Å². The maximum absolute atomic E-state index is 11.0. The lowest BCUT2D eigenvalue weighted by molar-refractivity contribution is -0.141. The van der Waals surface area contributed by atoms with Crippen LogP contribution in [0.1, 0.15) is 6.92 Å². The van der Waals surface area contributed by atoms with Crippen molar-refractivity contribution in [1.29, 1.82) is 0 Å². The number of carboxylic acids is 1. The van der Waals surface area contributed by atoms with Crippen LogP contribution in [-0.4, -0.2) is 29.6 Å². The summed E-state index contributed by atoms with van der Waals surface area (Å²) in [7, 11) is 0. The van der Waals surface area contributed by atoms with E-state index < -0.39 is 17.9 Å². The van der Waals surface area contributed by atoms with E-state index >= 15 is 0 Å². The summed E-state index contributed by atoms with van der Waals surface area (Å²) in [4.78, 5) is 21.8. The summed E-state index contributed by atoms with van der Waals surface area (Å²) in [5.41, 5.74) is 0.420. The van der Waals surface area contributed by atoms with Gasteiger partial charge in [0, 0.05) is 17.9 Å². The fraction of sp³-hybridized carbons (Fsp3) is 0.273. The topological polar surface area (TPSA) is 78.4 Å². The highest BCUT2D eigenvalue weighted by atomic mass is 79.9. The molecule has 0 aromatic heterocycles. The Balaban J connectivity index is 2.80. The lowest BCUT2D eigenvalue weighted by Crippen LogP contribution is -2.44. The fourth-order valence-corrected chi connectivity index (χ4v) is 2.70. The zero-order valence-electron chi connectivity index (χ0n) is 9.84. The van der Waals surface area contributed by atoms with Crippen LogP contribution in [0, 0.1) is 0 Å². The van der Waals surface area contributed by atoms with Gasteiger partial charge in [-0.1, -0.05) is 39.1 Å². The van der Waals surface area contributed by atoms with Crippen LogP contribution in [0.2, 0.25) is 10.0 Å². The lowest BCUT2D eigenvalue weighted by Gasteiger charge is -2.16. The summed E-state index contributed by atoms with van der Waals surface area (Å²) in [5.74, 6) is -1.57. The molecule has 0 aliphatic heterocycles. The predicted molar refractivity (Wildman–Crippen MR) is 77.9 cm³/mol. The van der Waals surface area contributed by atoms with Crippen molar-refractivity contribution in [3.63, 3.8) is 0 Å². The Morgan fingerprint density at radius 2 is 1.89 bits per heavy atom. The van der Waals surface area contributed by atoms with Gasteiger partial charge < -0.3 is 15.7 Å². The minimum atomic E-state index is -1.15. The number of amides is 1. The Hall–Kier alpha value is -0.980. The zero-order chi connectivity index (χ0) is 14.6. The SMILES string of the molecule is CC(=O)NC(CNc1c(Cl)cc(Br)cc1Cl)C(=O)O. The predicted octanol–water partition coefficient (Wildman–Crippen LogP) is 2.76. The van der Waals surface area contributed by atoms with Gasteiger partial charge >= 0.3 is 5.97 Å². The molecule has 104 valence electrons. The summed E-state index contributed by atoms with van der Waals surface area (Å²) < 4.78 is 0.713. The van der Waals surface area contributed by atoms with E-state index in [1.807, 2.05) is 0 Å². The highest BCUT2D eigenvalue weighted by Crippen LogP contribution is 2.33. The molecule has 1 unspecified atom stereocenters. The van der Waals surface area contributed by atoms with Gasteiger partial charge in [0.1, 0.15) is 6.04 Å². The molecule has 0 heterocycles. The van der Waals surface area contributed by atoms with E-state index in [4.69, 9.17) is 28.3 Å². The standard InChI is InChI=1S/C11H11BrCl2N2O3/c1-5(17)16-9(11(18)19)4-15-10-7(13)2-6(12)3-8(10)14/h2-3,9,15H,4H2,1H3,(H,16,17)(H,18,19). The van der Waals surface area contributed by atoms with Crippen LogP contribution in [0.3, 0.4) is 0 Å². The average Bonchev–Trinajstić information content (AvgIpc) is 2.25. The number of carboxylic acid groups (broad SMARTS) is 1. The number of hydrogen-bond donors (Lipinski definition) is 3. The smallest absolute Gasteiger partial charge is 0.328 e. The largest absolute Gasteiger partial charge is 0.480 e. The van der Waals surface area contributed by atoms with Gasteiger partial charge in [0.05, 0.1) is 15.7 Å². The first-order valence-corrected chi connectivity index (χ1v) is 6.74. The molecule has 1 atom stereocenters. The molecule has 0 bridgehead atoms. The number of aliphatic carboxylic acids is 1. The third-order valence-corrected chi connectivity index (χ3v) is 3.22. The van der Waals surface area contributed by atoms with Crippen LogP contribution in [-0.2, 0) is 9.59 Å². The second-order valence-electron chi connectivity index (χ2n) is 3.72. The van der Waals surface area contributed by atoms with Gasteiger partial charge in [0.15, 0.2) is 0 Å². The number of carbonyl (C=O) groups is 2. The van der Waals surface area contributed by atoms with E-state index in [0.29, 0.717) is 20.2 Å². The molecule has 1 aromatic carbocycles. The molecule has 0 saturated carbocycles. The van der Waals surface area contributed by atoms with Gasteiger partial charge in [0.2, 0.25) is 5.91 Å². The summed E-state index contributed by atoms with van der Waals surface area (Å²) in [6.45, 7) is 1.21. The molecular weight excluding hydrogens is 359 g/mol. The van der Waals surface area contributed by atoms with Gasteiger partial charge in [0.25, 0.3) is 0 Å². The molecular formula is C11H11BrCl2N2O3. The van der Waals surface area contributed by atoms with Crippen LogP contribution in [0.5, 0.6) is 0 Å². The van der Waals surface area contributed by atoms with Gasteiger partial charge in [-0.2, -0.15) is 0 Å². The summed E-state index contributed by atoms with van der Waals surface area (Å²) in [5, 5.41) is 14.8. The molecule has 0 saturated heterocycles. The molecule has 0 spiro atoms. The minimum absolute atomic E-state index is 0.0318. The first kappa shape index (κ1) is 16.1. The van der Waals surface area contributed by atoms with Crippen molar-refractivity contribution in [2.45, 2.75) is 13.0 Å². The third kappa shape index (κ3) is 4.89. The Morgan fingerprint density at radius 1 is 1.37 bits per heavy atom. The maximum Gasteiger partial charge on any atom is 0.328 e. The first-order chi connectivity index (χ1) is 8.81. The summed E-state index contributed by atoms with van der Waals surface area (Å²) in [6, 6.07) is 2.20. The Bertz CT molecular complexity index is 488. The minimum Gasteiger partial charge on any atom is -0.480 e. The van der Waals surface area contributed by atoms with E-state index in [2.05, 4.69) is 26.6 Å². The lowest BCUT2D eigenvalue weighted by atomic mass is 10.2. The van der Waals surface area contributed by atoms with Gasteiger partial charge in [-0.15, -0.1) is 0 Å². The second kappa shape index (κ2) is 6.98. The molecule has 8 heteroatoms. The van der Waals surface area contributed by atoms with Crippen LogP contribution in [0.4, 0.5) is 5.69 Å². The number of nitrogens with one attached hydrogen (secondary N) is 2. The van der Waals surface area contributed by atoms with Crippen molar-refractivity contribution in [3.8, 4) is 0 Å². The molecule has 0 fully saturated rings. The molecule has 0 radical (unpaired) electrons. The quantitative estimate of drug-likeness (QED) is 0.745. The Morgan fingerprint density at radius 3 is 2.32 bits per heavy atom. The fourth-order valence-electron chi connectivity index (χ4n) is 1.36. The zero-order valence-corrected chi connectivity index (χ0v) is 12.9. The monoisotopic (exact) mass is 368 g/mol. The Kier molecular flexibility index (Phi) is 5.90. The summed E-state index contributed by atoms with van der Waals surface area (Å²) in [6.07, 6.45) is 0. The van der Waals surface area contributed by atoms with Crippen molar-refractivity contribution in [3.05, 3.63) is 26.7 Å². The van der Waals surface area contributed by atoms with Crippen molar-refractivity contribution < 1.29 is 14.7 Å². The molecule has 19 heavy (non-hydrogen) atoms. The molecule has 0 aliphatic rings. The third-order valence-electron chi connectivity index (χ3n) is 2.17. The van der Waals surface area contributed by atoms with Crippen LogP contribution >= 0.6 is 39.1 Å². The van der Waals surface area contributed by atoms with Crippen LogP contribution < -0.4 is 10.6 Å². The van der Waals surface area contributed by atoms with E-state index in [9.17, 15) is 9.59 Å². The Labute approximate surface area is 128 Å².